The fraction of sp³-hybridized carbons (Fsp3) is 0.200. The number of rotatable bonds is 7. The molecule has 0 bridgehead atoms. The van der Waals surface area contributed by atoms with Gasteiger partial charge in [-0.3, -0.25) is 14.7 Å². The Hall–Kier alpha value is -3.13. The lowest BCUT2D eigenvalue weighted by Gasteiger charge is -2.10. The number of carbonyl (C=O) groups is 2. The Morgan fingerprint density at radius 2 is 1.68 bits per heavy atom. The number of nitrogens with zero attached hydrogens (tertiary/aromatic N) is 3. The molecular weight excluding hydrogens is 374 g/mol. The van der Waals surface area contributed by atoms with Gasteiger partial charge in [0.05, 0.1) is 0 Å². The van der Waals surface area contributed by atoms with Gasteiger partial charge in [-0.1, -0.05) is 60.3 Å². The van der Waals surface area contributed by atoms with Gasteiger partial charge in [-0.25, -0.2) is 4.79 Å². The third-order valence-electron chi connectivity index (χ3n) is 3.96. The number of urea groups is 1. The minimum atomic E-state index is -0.507. The van der Waals surface area contributed by atoms with Gasteiger partial charge in [0, 0.05) is 31.3 Å². The highest BCUT2D eigenvalue weighted by molar-refractivity contribution is 7.99. The maximum atomic E-state index is 11.8. The Morgan fingerprint density at radius 1 is 1.00 bits per heavy atom. The lowest BCUT2D eigenvalue weighted by atomic mass is 10.1. The number of hydrogen-bond donors (Lipinski definition) is 2. The molecule has 2 aromatic carbocycles. The lowest BCUT2D eigenvalue weighted by Crippen LogP contribution is -2.37. The van der Waals surface area contributed by atoms with Crippen LogP contribution in [0.5, 0.6) is 0 Å². The Bertz CT molecular complexity index is 928. The molecule has 7 nitrogen and oxygen atoms in total. The molecule has 0 spiro atoms. The monoisotopic (exact) mass is 395 g/mol. The average Bonchev–Trinajstić information content (AvgIpc) is 3.11. The van der Waals surface area contributed by atoms with Gasteiger partial charge in [-0.05, 0) is 17.7 Å². The van der Waals surface area contributed by atoms with Crippen molar-refractivity contribution in [3.8, 4) is 5.69 Å². The summed E-state index contributed by atoms with van der Waals surface area (Å²) in [5, 5.41) is 14.0. The first-order valence-corrected chi connectivity index (χ1v) is 9.84. The van der Waals surface area contributed by atoms with Crippen molar-refractivity contribution in [3.63, 3.8) is 0 Å². The first kappa shape index (κ1) is 19.6. The molecule has 0 fully saturated rings. The number of amides is 3. The number of imide groups is 1. The molecule has 3 rings (SSSR count). The molecule has 0 aliphatic carbocycles. The highest BCUT2D eigenvalue weighted by atomic mass is 32.2. The van der Waals surface area contributed by atoms with Crippen LogP contribution in [-0.4, -0.2) is 39.5 Å². The molecule has 1 heterocycles. The second kappa shape index (κ2) is 9.70. The van der Waals surface area contributed by atoms with Crippen molar-refractivity contribution in [2.45, 2.75) is 18.0 Å². The van der Waals surface area contributed by atoms with Crippen molar-refractivity contribution in [3.05, 3.63) is 72.1 Å². The van der Waals surface area contributed by atoms with E-state index < -0.39 is 6.03 Å². The smallest absolute Gasteiger partial charge is 0.321 e. The van der Waals surface area contributed by atoms with Crippen LogP contribution in [0, 0.1) is 0 Å². The van der Waals surface area contributed by atoms with E-state index in [1.807, 2.05) is 53.1 Å². The number of para-hydroxylation sites is 1. The van der Waals surface area contributed by atoms with E-state index in [2.05, 4.69) is 33.0 Å². The van der Waals surface area contributed by atoms with Crippen LogP contribution >= 0.6 is 11.8 Å². The zero-order chi connectivity index (χ0) is 19.8. The maximum Gasteiger partial charge on any atom is 0.321 e. The largest absolute Gasteiger partial charge is 0.341 e. The molecule has 0 aliphatic heterocycles. The second-order valence-corrected chi connectivity index (χ2v) is 7.02. The Morgan fingerprint density at radius 3 is 2.36 bits per heavy atom. The predicted octanol–water partition coefficient (Wildman–Crippen LogP) is 2.80. The van der Waals surface area contributed by atoms with Crippen molar-refractivity contribution in [1.82, 2.24) is 25.4 Å². The van der Waals surface area contributed by atoms with Gasteiger partial charge in [-0.15, -0.1) is 10.2 Å². The second-order valence-electron chi connectivity index (χ2n) is 5.96. The van der Waals surface area contributed by atoms with E-state index >= 15 is 0 Å². The average molecular weight is 395 g/mol. The molecule has 0 radical (unpaired) electrons. The highest BCUT2D eigenvalue weighted by Crippen LogP contribution is 2.24. The molecule has 144 valence electrons. The van der Waals surface area contributed by atoms with Crippen molar-refractivity contribution in [1.29, 1.82) is 0 Å². The summed E-state index contributed by atoms with van der Waals surface area (Å²) in [6.07, 6.45) is 0.855. The Labute approximate surface area is 167 Å². The van der Waals surface area contributed by atoms with Crippen LogP contribution in [0.1, 0.15) is 17.8 Å². The molecule has 2 N–H and O–H groups in total. The van der Waals surface area contributed by atoms with Crippen molar-refractivity contribution >= 4 is 23.7 Å². The Kier molecular flexibility index (Phi) is 6.80. The summed E-state index contributed by atoms with van der Waals surface area (Å²) in [5.41, 5.74) is 2.12. The zero-order valence-corrected chi connectivity index (χ0v) is 16.3. The molecule has 0 saturated carbocycles. The van der Waals surface area contributed by atoms with E-state index in [0.29, 0.717) is 17.3 Å². The SMILES string of the molecule is CNC(=O)NC(=O)CCSc1nnc(Cc2ccccc2)n1-c1ccccc1. The van der Waals surface area contributed by atoms with E-state index in [0.717, 1.165) is 17.1 Å². The van der Waals surface area contributed by atoms with Crippen molar-refractivity contribution < 1.29 is 9.59 Å². The van der Waals surface area contributed by atoms with Crippen LogP contribution in [0.3, 0.4) is 0 Å². The zero-order valence-electron chi connectivity index (χ0n) is 15.5. The van der Waals surface area contributed by atoms with Gasteiger partial charge in [0.2, 0.25) is 5.91 Å². The summed E-state index contributed by atoms with van der Waals surface area (Å²) < 4.78 is 2.01. The van der Waals surface area contributed by atoms with Crippen molar-refractivity contribution in [2.75, 3.05) is 12.8 Å². The lowest BCUT2D eigenvalue weighted by molar-refractivity contribution is -0.119. The molecule has 0 aliphatic rings. The number of carbonyl (C=O) groups excluding carboxylic acids is 2. The first-order valence-electron chi connectivity index (χ1n) is 8.85. The van der Waals surface area contributed by atoms with E-state index in [1.165, 1.54) is 18.8 Å². The molecule has 3 amide bonds. The number of thioether (sulfide) groups is 1. The maximum absolute atomic E-state index is 11.8. The van der Waals surface area contributed by atoms with Crippen LogP contribution in [0.4, 0.5) is 4.79 Å². The van der Waals surface area contributed by atoms with Crippen molar-refractivity contribution in [2.24, 2.45) is 0 Å². The third kappa shape index (κ3) is 5.20. The molecule has 8 heteroatoms. The van der Waals surface area contributed by atoms with Crippen LogP contribution in [0.2, 0.25) is 0 Å². The number of benzene rings is 2. The summed E-state index contributed by atoms with van der Waals surface area (Å²) >= 11 is 1.43. The highest BCUT2D eigenvalue weighted by Gasteiger charge is 2.15. The minimum Gasteiger partial charge on any atom is -0.341 e. The van der Waals surface area contributed by atoms with Crippen LogP contribution < -0.4 is 10.6 Å². The minimum absolute atomic E-state index is 0.202. The van der Waals surface area contributed by atoms with E-state index in [9.17, 15) is 9.59 Å². The number of aromatic nitrogens is 3. The van der Waals surface area contributed by atoms with Gasteiger partial charge >= 0.3 is 6.03 Å². The van der Waals surface area contributed by atoms with E-state index in [-0.39, 0.29) is 12.3 Å². The summed E-state index contributed by atoms with van der Waals surface area (Å²) in [6, 6.07) is 19.5. The van der Waals surface area contributed by atoms with Crippen LogP contribution in [-0.2, 0) is 11.2 Å². The topological polar surface area (TPSA) is 88.9 Å². The standard InChI is InChI=1S/C20H21N5O2S/c1-21-19(27)22-18(26)12-13-28-20-24-23-17(14-15-8-4-2-5-9-15)25(20)16-10-6-3-7-11-16/h2-11H,12-14H2,1H3,(H2,21,22,26,27). The molecule has 0 unspecified atom stereocenters. The molecule has 0 saturated heterocycles. The fourth-order valence-electron chi connectivity index (χ4n) is 2.61. The van der Waals surface area contributed by atoms with E-state index in [1.54, 1.807) is 0 Å². The number of nitrogens with one attached hydrogen (secondary N) is 2. The summed E-state index contributed by atoms with van der Waals surface area (Å²) in [4.78, 5) is 23.0. The van der Waals surface area contributed by atoms with Gasteiger partial charge in [0.15, 0.2) is 5.16 Å². The summed E-state index contributed by atoms with van der Waals surface area (Å²) in [5.74, 6) is 0.982. The van der Waals surface area contributed by atoms with Crippen LogP contribution in [0.25, 0.3) is 5.69 Å². The normalized spacial score (nSPS) is 10.5. The summed E-state index contributed by atoms with van der Waals surface area (Å²) in [6.45, 7) is 0. The molecule has 3 aromatic rings. The molecule has 28 heavy (non-hydrogen) atoms. The van der Waals surface area contributed by atoms with Gasteiger partial charge in [0.1, 0.15) is 5.82 Å². The number of hydrogen-bond acceptors (Lipinski definition) is 5. The fourth-order valence-corrected chi connectivity index (χ4v) is 3.52. The molecular formula is C20H21N5O2S. The van der Waals surface area contributed by atoms with Gasteiger partial charge in [-0.2, -0.15) is 0 Å². The predicted molar refractivity (Wildman–Crippen MR) is 109 cm³/mol. The van der Waals surface area contributed by atoms with Crippen LogP contribution in [0.15, 0.2) is 65.8 Å². The quantitative estimate of drug-likeness (QED) is 0.601. The van der Waals surface area contributed by atoms with Gasteiger partial charge in [0.25, 0.3) is 0 Å². The molecule has 1 aromatic heterocycles. The summed E-state index contributed by atoms with van der Waals surface area (Å²) in [7, 11) is 1.47. The Balaban J connectivity index is 1.75. The third-order valence-corrected chi connectivity index (χ3v) is 4.89. The molecule has 0 atom stereocenters. The first-order chi connectivity index (χ1) is 13.7. The van der Waals surface area contributed by atoms with Gasteiger partial charge < -0.3 is 5.32 Å². The van der Waals surface area contributed by atoms with E-state index in [4.69, 9.17) is 0 Å².